The average Bonchev–Trinajstić information content (AvgIpc) is 3.32. The molecule has 0 aliphatic heterocycles. The highest BCUT2D eigenvalue weighted by Gasteiger charge is 2.29. The summed E-state index contributed by atoms with van der Waals surface area (Å²) in [6.45, 7) is 1.96. The van der Waals surface area contributed by atoms with Gasteiger partial charge in [0.05, 0.1) is 12.2 Å². The van der Waals surface area contributed by atoms with Crippen molar-refractivity contribution in [3.05, 3.63) is 77.1 Å². The Labute approximate surface area is 170 Å². The molecule has 6 nitrogen and oxygen atoms in total. The normalized spacial score (nSPS) is 12.5. The number of hydrogen-bond acceptors (Lipinski definition) is 3. The molecule has 0 fully saturated rings. The molecule has 0 spiro atoms. The summed E-state index contributed by atoms with van der Waals surface area (Å²) < 4.78 is 1.87. The molecular weight excluding hydrogens is 364 g/mol. The van der Waals surface area contributed by atoms with Crippen molar-refractivity contribution in [3.8, 4) is 5.69 Å². The van der Waals surface area contributed by atoms with Crippen molar-refractivity contribution in [2.24, 2.45) is 0 Å². The van der Waals surface area contributed by atoms with E-state index in [1.54, 1.807) is 7.05 Å². The molecule has 29 heavy (non-hydrogen) atoms. The number of hydrogen-bond donors (Lipinski definition) is 1. The van der Waals surface area contributed by atoms with Crippen LogP contribution in [-0.2, 0) is 17.6 Å². The maximum atomic E-state index is 13.1. The molecule has 1 N–H and O–H groups in total. The summed E-state index contributed by atoms with van der Waals surface area (Å²) >= 11 is 0. The summed E-state index contributed by atoms with van der Waals surface area (Å²) in [5, 5.41) is 7.45. The predicted octanol–water partition coefficient (Wildman–Crippen LogP) is 3.38. The number of anilines is 1. The van der Waals surface area contributed by atoms with Crippen LogP contribution in [0.5, 0.6) is 0 Å². The van der Waals surface area contributed by atoms with Crippen molar-refractivity contribution >= 4 is 17.5 Å². The molecule has 0 radical (unpaired) electrons. The molecule has 0 bridgehead atoms. The van der Waals surface area contributed by atoms with E-state index in [-0.39, 0.29) is 18.4 Å². The number of carbonyl (C=O) groups is 2. The van der Waals surface area contributed by atoms with Crippen molar-refractivity contribution in [1.82, 2.24) is 14.7 Å². The van der Waals surface area contributed by atoms with Crippen molar-refractivity contribution in [1.29, 1.82) is 0 Å². The number of amides is 2. The van der Waals surface area contributed by atoms with Gasteiger partial charge in [0.1, 0.15) is 0 Å². The molecule has 0 saturated heterocycles. The fourth-order valence-corrected chi connectivity index (χ4v) is 3.70. The Morgan fingerprint density at radius 3 is 2.52 bits per heavy atom. The van der Waals surface area contributed by atoms with E-state index in [4.69, 9.17) is 0 Å². The second-order valence-corrected chi connectivity index (χ2v) is 7.45. The molecular formula is C23H24N4O2. The molecule has 2 amide bonds. The number of aryl methyl sites for hydroxylation is 1. The third kappa shape index (κ3) is 3.92. The summed E-state index contributed by atoms with van der Waals surface area (Å²) in [6.07, 6.45) is 2.76. The summed E-state index contributed by atoms with van der Waals surface area (Å²) in [7, 11) is 1.64. The Bertz CT molecular complexity index is 1040. The van der Waals surface area contributed by atoms with Crippen LogP contribution in [0.25, 0.3) is 5.69 Å². The van der Waals surface area contributed by atoms with Gasteiger partial charge in [-0.2, -0.15) is 5.10 Å². The van der Waals surface area contributed by atoms with Crippen LogP contribution in [0.4, 0.5) is 5.69 Å². The van der Waals surface area contributed by atoms with Crippen LogP contribution in [0.1, 0.15) is 33.7 Å². The van der Waals surface area contributed by atoms with E-state index in [1.807, 2.05) is 66.2 Å². The van der Waals surface area contributed by atoms with E-state index in [0.29, 0.717) is 5.69 Å². The number of nitrogens with one attached hydrogen (secondary N) is 1. The monoisotopic (exact) mass is 388 g/mol. The van der Waals surface area contributed by atoms with Crippen LogP contribution in [0.15, 0.2) is 54.6 Å². The zero-order chi connectivity index (χ0) is 20.4. The Balaban J connectivity index is 1.50. The SMILES string of the molecule is Cc1ccc(NC(=O)CN(C)C(=O)c2nn(-c3ccccc3)c3c2CCC3)cc1. The number of aromatic nitrogens is 2. The molecule has 1 aromatic heterocycles. The fraction of sp³-hybridized carbons (Fsp3) is 0.261. The summed E-state index contributed by atoms with van der Waals surface area (Å²) in [6, 6.07) is 17.4. The molecule has 2 aromatic carbocycles. The molecule has 1 aliphatic rings. The van der Waals surface area contributed by atoms with E-state index in [2.05, 4.69) is 10.4 Å². The molecule has 0 saturated carbocycles. The molecule has 0 atom stereocenters. The van der Waals surface area contributed by atoms with Gasteiger partial charge < -0.3 is 10.2 Å². The first-order chi connectivity index (χ1) is 14.0. The third-order valence-electron chi connectivity index (χ3n) is 5.20. The minimum atomic E-state index is -0.233. The molecule has 3 aromatic rings. The highest BCUT2D eigenvalue weighted by atomic mass is 16.2. The summed E-state index contributed by atoms with van der Waals surface area (Å²) in [5.41, 5.74) is 5.34. The van der Waals surface area contributed by atoms with Gasteiger partial charge in [0.2, 0.25) is 5.91 Å². The van der Waals surface area contributed by atoms with Crippen LogP contribution in [0, 0.1) is 6.92 Å². The average molecular weight is 388 g/mol. The van der Waals surface area contributed by atoms with Gasteiger partial charge in [0.25, 0.3) is 5.91 Å². The largest absolute Gasteiger partial charge is 0.331 e. The first-order valence-electron chi connectivity index (χ1n) is 9.81. The van der Waals surface area contributed by atoms with Crippen LogP contribution >= 0.6 is 0 Å². The number of rotatable bonds is 5. The third-order valence-corrected chi connectivity index (χ3v) is 5.20. The van der Waals surface area contributed by atoms with Gasteiger partial charge in [0, 0.05) is 24.0 Å². The molecule has 4 rings (SSSR count). The molecule has 6 heteroatoms. The standard InChI is InChI=1S/C23H24N4O2/c1-16-11-13-17(14-12-16)24-21(28)15-26(2)23(29)22-19-9-6-10-20(19)27(25-22)18-7-4-3-5-8-18/h3-5,7-8,11-14H,6,9-10,15H2,1-2H3,(H,24,28). The van der Waals surface area contributed by atoms with Gasteiger partial charge in [-0.3, -0.25) is 9.59 Å². The van der Waals surface area contributed by atoms with Crippen LogP contribution in [-0.4, -0.2) is 40.1 Å². The maximum Gasteiger partial charge on any atom is 0.274 e. The summed E-state index contributed by atoms with van der Waals surface area (Å²) in [5.74, 6) is -0.458. The van der Waals surface area contributed by atoms with Crippen molar-refractivity contribution in [3.63, 3.8) is 0 Å². The van der Waals surface area contributed by atoms with Gasteiger partial charge in [-0.25, -0.2) is 4.68 Å². The lowest BCUT2D eigenvalue weighted by Gasteiger charge is -2.16. The lowest BCUT2D eigenvalue weighted by Crippen LogP contribution is -2.35. The molecule has 0 unspecified atom stereocenters. The Morgan fingerprint density at radius 2 is 1.79 bits per heavy atom. The second-order valence-electron chi connectivity index (χ2n) is 7.45. The number of fused-ring (bicyclic) bond motifs is 1. The molecule has 1 aliphatic carbocycles. The number of likely N-dealkylation sites (N-methyl/N-ethyl adjacent to an activating group) is 1. The Hall–Kier alpha value is -3.41. The minimum absolute atomic E-state index is 0.0281. The Kier molecular flexibility index (Phi) is 5.16. The van der Waals surface area contributed by atoms with E-state index < -0.39 is 0 Å². The van der Waals surface area contributed by atoms with Gasteiger partial charge in [0.15, 0.2) is 5.69 Å². The van der Waals surface area contributed by atoms with Crippen LogP contribution in [0.2, 0.25) is 0 Å². The van der Waals surface area contributed by atoms with Gasteiger partial charge in [-0.1, -0.05) is 35.9 Å². The second kappa shape index (κ2) is 7.91. The first-order valence-corrected chi connectivity index (χ1v) is 9.81. The van der Waals surface area contributed by atoms with E-state index in [0.717, 1.165) is 47.5 Å². The van der Waals surface area contributed by atoms with Crippen LogP contribution < -0.4 is 5.32 Å². The summed E-state index contributed by atoms with van der Waals surface area (Å²) in [4.78, 5) is 26.9. The molecule has 148 valence electrons. The maximum absolute atomic E-state index is 13.1. The lowest BCUT2D eigenvalue weighted by molar-refractivity contribution is -0.116. The smallest absolute Gasteiger partial charge is 0.274 e. The topological polar surface area (TPSA) is 67.2 Å². The zero-order valence-electron chi connectivity index (χ0n) is 16.7. The van der Waals surface area contributed by atoms with Gasteiger partial charge >= 0.3 is 0 Å². The number of para-hydroxylation sites is 1. The van der Waals surface area contributed by atoms with E-state index in [9.17, 15) is 9.59 Å². The first kappa shape index (κ1) is 18.9. The Morgan fingerprint density at radius 1 is 1.07 bits per heavy atom. The van der Waals surface area contributed by atoms with Crippen molar-refractivity contribution in [2.45, 2.75) is 26.2 Å². The quantitative estimate of drug-likeness (QED) is 0.729. The minimum Gasteiger partial charge on any atom is -0.331 e. The van der Waals surface area contributed by atoms with Gasteiger partial charge in [-0.05, 0) is 50.5 Å². The lowest BCUT2D eigenvalue weighted by atomic mass is 10.2. The highest BCUT2D eigenvalue weighted by Crippen LogP contribution is 2.28. The highest BCUT2D eigenvalue weighted by molar-refractivity contribution is 5.99. The number of carbonyl (C=O) groups excluding carboxylic acids is 2. The van der Waals surface area contributed by atoms with Crippen molar-refractivity contribution in [2.75, 3.05) is 18.9 Å². The van der Waals surface area contributed by atoms with E-state index in [1.165, 1.54) is 4.90 Å². The predicted molar refractivity (Wildman–Crippen MR) is 112 cm³/mol. The number of benzene rings is 2. The zero-order valence-corrected chi connectivity index (χ0v) is 16.7. The molecule has 1 heterocycles. The van der Waals surface area contributed by atoms with E-state index >= 15 is 0 Å². The van der Waals surface area contributed by atoms with Crippen LogP contribution in [0.3, 0.4) is 0 Å². The fourth-order valence-electron chi connectivity index (χ4n) is 3.70. The van der Waals surface area contributed by atoms with Crippen molar-refractivity contribution < 1.29 is 9.59 Å². The number of nitrogens with zero attached hydrogens (tertiary/aromatic N) is 3. The van der Waals surface area contributed by atoms with Gasteiger partial charge in [-0.15, -0.1) is 0 Å².